The van der Waals surface area contributed by atoms with Gasteiger partial charge in [-0.05, 0) is 24.1 Å². The maximum absolute atomic E-state index is 12.1. The van der Waals surface area contributed by atoms with Gasteiger partial charge in [0.2, 0.25) is 0 Å². The fraction of sp³-hybridized carbons (Fsp3) is 0.529. The molecule has 0 spiro atoms. The van der Waals surface area contributed by atoms with Crippen molar-refractivity contribution in [2.45, 2.75) is 25.6 Å². The Morgan fingerprint density at radius 3 is 2.57 bits per heavy atom. The fourth-order valence-corrected chi connectivity index (χ4v) is 7.13. The largest absolute Gasteiger partial charge is 0.297 e. The summed E-state index contributed by atoms with van der Waals surface area (Å²) in [4.78, 5) is 6.07. The molecule has 4 rings (SSSR count). The number of hydrogen-bond acceptors (Lipinski definition) is 5. The SMILES string of the molecule is CCN1CCN(Cc2cc3ccccc3s2)C2CS(=O)(=O)CC21. The predicted octanol–water partition coefficient (Wildman–Crippen LogP) is 2.20. The van der Waals surface area contributed by atoms with Crippen molar-refractivity contribution < 1.29 is 8.42 Å². The summed E-state index contributed by atoms with van der Waals surface area (Å²) in [6.07, 6.45) is 0. The zero-order valence-electron chi connectivity index (χ0n) is 13.3. The molecule has 2 unspecified atom stereocenters. The molecule has 0 N–H and O–H groups in total. The minimum atomic E-state index is -2.90. The van der Waals surface area contributed by atoms with E-state index in [9.17, 15) is 8.42 Å². The molecule has 1 aromatic heterocycles. The van der Waals surface area contributed by atoms with E-state index in [1.54, 1.807) is 0 Å². The maximum atomic E-state index is 12.1. The van der Waals surface area contributed by atoms with Crippen LogP contribution >= 0.6 is 11.3 Å². The van der Waals surface area contributed by atoms with E-state index in [2.05, 4.69) is 47.1 Å². The van der Waals surface area contributed by atoms with Gasteiger partial charge in [0.15, 0.2) is 9.84 Å². The Balaban J connectivity index is 1.59. The summed E-state index contributed by atoms with van der Waals surface area (Å²) in [5.41, 5.74) is 0. The molecule has 1 aromatic carbocycles. The standard InChI is InChI=1S/C17H22N2O2S2/c1-2-18-7-8-19(16-12-23(20,21)11-15(16)18)10-14-9-13-5-3-4-6-17(13)22-14/h3-6,9,15-16H,2,7-8,10-12H2,1H3. The van der Waals surface area contributed by atoms with Crippen LogP contribution in [-0.4, -0.2) is 61.4 Å². The number of rotatable bonds is 3. The second-order valence-corrected chi connectivity index (χ2v) is 9.88. The van der Waals surface area contributed by atoms with Gasteiger partial charge >= 0.3 is 0 Å². The van der Waals surface area contributed by atoms with Crippen LogP contribution in [0.1, 0.15) is 11.8 Å². The van der Waals surface area contributed by atoms with Crippen LogP contribution in [-0.2, 0) is 16.4 Å². The fourth-order valence-electron chi connectivity index (χ4n) is 4.00. The van der Waals surface area contributed by atoms with Gasteiger partial charge in [0.1, 0.15) is 0 Å². The Hall–Kier alpha value is -0.950. The monoisotopic (exact) mass is 350 g/mol. The molecule has 124 valence electrons. The van der Waals surface area contributed by atoms with E-state index >= 15 is 0 Å². The van der Waals surface area contributed by atoms with Crippen molar-refractivity contribution in [3.05, 3.63) is 35.2 Å². The molecule has 2 atom stereocenters. The van der Waals surface area contributed by atoms with Crippen LogP contribution in [0.25, 0.3) is 10.1 Å². The molecule has 0 bridgehead atoms. The molecule has 2 fully saturated rings. The van der Waals surface area contributed by atoms with Crippen LogP contribution in [0.2, 0.25) is 0 Å². The lowest BCUT2D eigenvalue weighted by Gasteiger charge is -2.43. The molecule has 0 saturated carbocycles. The Bertz CT molecular complexity index is 782. The number of fused-ring (bicyclic) bond motifs is 2. The number of likely N-dealkylation sites (N-methyl/N-ethyl adjacent to an activating group) is 1. The molecule has 6 heteroatoms. The van der Waals surface area contributed by atoms with Gasteiger partial charge in [0, 0.05) is 41.3 Å². The predicted molar refractivity (Wildman–Crippen MR) is 95.7 cm³/mol. The third-order valence-electron chi connectivity index (χ3n) is 5.15. The van der Waals surface area contributed by atoms with Crippen LogP contribution < -0.4 is 0 Å². The summed E-state index contributed by atoms with van der Waals surface area (Å²) < 4.78 is 25.6. The van der Waals surface area contributed by atoms with E-state index in [0.29, 0.717) is 11.5 Å². The van der Waals surface area contributed by atoms with Crippen molar-refractivity contribution >= 4 is 31.3 Å². The van der Waals surface area contributed by atoms with E-state index in [1.165, 1.54) is 15.0 Å². The van der Waals surface area contributed by atoms with E-state index in [-0.39, 0.29) is 12.1 Å². The van der Waals surface area contributed by atoms with Crippen molar-refractivity contribution in [2.75, 3.05) is 31.1 Å². The molecule has 2 aliphatic heterocycles. The van der Waals surface area contributed by atoms with E-state index in [1.807, 2.05) is 11.3 Å². The number of hydrogen-bond donors (Lipinski definition) is 0. The molecule has 2 saturated heterocycles. The van der Waals surface area contributed by atoms with E-state index in [4.69, 9.17) is 0 Å². The molecule has 2 aromatic rings. The van der Waals surface area contributed by atoms with Crippen LogP contribution in [0.15, 0.2) is 30.3 Å². The highest BCUT2D eigenvalue weighted by Crippen LogP contribution is 2.31. The summed E-state index contributed by atoms with van der Waals surface area (Å²) in [6, 6.07) is 11.0. The lowest BCUT2D eigenvalue weighted by atomic mass is 10.0. The first-order valence-corrected chi connectivity index (χ1v) is 10.9. The Labute approximate surface area is 141 Å². The zero-order chi connectivity index (χ0) is 16.0. The molecule has 0 aliphatic carbocycles. The lowest BCUT2D eigenvalue weighted by Crippen LogP contribution is -2.58. The molecule has 2 aliphatic rings. The molecular formula is C17H22N2O2S2. The number of benzene rings is 1. The highest BCUT2D eigenvalue weighted by atomic mass is 32.2. The normalized spacial score (nSPS) is 28.2. The first-order valence-electron chi connectivity index (χ1n) is 8.22. The molecular weight excluding hydrogens is 328 g/mol. The third-order valence-corrected chi connectivity index (χ3v) is 7.95. The number of piperazine rings is 1. The summed E-state index contributed by atoms with van der Waals surface area (Å²) in [7, 11) is -2.90. The van der Waals surface area contributed by atoms with E-state index < -0.39 is 9.84 Å². The van der Waals surface area contributed by atoms with Crippen molar-refractivity contribution in [3.8, 4) is 0 Å². The van der Waals surface area contributed by atoms with Gasteiger partial charge in [-0.25, -0.2) is 8.42 Å². The Kier molecular flexibility index (Phi) is 3.96. The Morgan fingerprint density at radius 1 is 1.13 bits per heavy atom. The van der Waals surface area contributed by atoms with Gasteiger partial charge < -0.3 is 0 Å². The maximum Gasteiger partial charge on any atom is 0.153 e. The quantitative estimate of drug-likeness (QED) is 0.851. The molecule has 0 radical (unpaired) electrons. The van der Waals surface area contributed by atoms with Gasteiger partial charge in [0.05, 0.1) is 11.5 Å². The highest BCUT2D eigenvalue weighted by Gasteiger charge is 2.45. The first kappa shape index (κ1) is 15.6. The summed E-state index contributed by atoms with van der Waals surface area (Å²) in [5, 5.41) is 1.29. The van der Waals surface area contributed by atoms with Gasteiger partial charge in [-0.2, -0.15) is 0 Å². The molecule has 4 nitrogen and oxygen atoms in total. The molecule has 0 amide bonds. The summed E-state index contributed by atoms with van der Waals surface area (Å²) in [5.74, 6) is 0.646. The van der Waals surface area contributed by atoms with Crippen LogP contribution in [0.3, 0.4) is 0 Å². The number of nitrogens with zero attached hydrogens (tertiary/aromatic N) is 2. The number of sulfone groups is 1. The third kappa shape index (κ3) is 2.93. The number of thiophene rings is 1. The summed E-state index contributed by atoms with van der Waals surface area (Å²) >= 11 is 1.83. The van der Waals surface area contributed by atoms with Gasteiger partial charge in [-0.1, -0.05) is 25.1 Å². The first-order chi connectivity index (χ1) is 11.1. The zero-order valence-corrected chi connectivity index (χ0v) is 14.9. The van der Waals surface area contributed by atoms with Gasteiger partial charge in [0.25, 0.3) is 0 Å². The lowest BCUT2D eigenvalue weighted by molar-refractivity contribution is 0.0446. The smallest absolute Gasteiger partial charge is 0.153 e. The Morgan fingerprint density at radius 2 is 1.83 bits per heavy atom. The average molecular weight is 351 g/mol. The van der Waals surface area contributed by atoms with Crippen LogP contribution in [0.5, 0.6) is 0 Å². The topological polar surface area (TPSA) is 40.6 Å². The van der Waals surface area contributed by atoms with E-state index in [0.717, 1.165) is 26.2 Å². The van der Waals surface area contributed by atoms with Crippen molar-refractivity contribution in [1.82, 2.24) is 9.80 Å². The van der Waals surface area contributed by atoms with Crippen molar-refractivity contribution in [1.29, 1.82) is 0 Å². The average Bonchev–Trinajstić information content (AvgIpc) is 3.06. The minimum absolute atomic E-state index is 0.152. The van der Waals surface area contributed by atoms with Crippen molar-refractivity contribution in [3.63, 3.8) is 0 Å². The second kappa shape index (κ2) is 5.84. The minimum Gasteiger partial charge on any atom is -0.297 e. The summed E-state index contributed by atoms with van der Waals surface area (Å²) in [6.45, 7) is 5.86. The second-order valence-electron chi connectivity index (χ2n) is 6.56. The highest BCUT2D eigenvalue weighted by molar-refractivity contribution is 7.91. The van der Waals surface area contributed by atoms with Crippen LogP contribution in [0.4, 0.5) is 0 Å². The van der Waals surface area contributed by atoms with Crippen LogP contribution in [0, 0.1) is 0 Å². The molecule has 23 heavy (non-hydrogen) atoms. The van der Waals surface area contributed by atoms with Crippen molar-refractivity contribution in [2.24, 2.45) is 0 Å². The van der Waals surface area contributed by atoms with Gasteiger partial charge in [-0.3, -0.25) is 9.80 Å². The van der Waals surface area contributed by atoms with Gasteiger partial charge in [-0.15, -0.1) is 11.3 Å². The molecule has 3 heterocycles.